The van der Waals surface area contributed by atoms with E-state index in [0.717, 1.165) is 19.3 Å². The second kappa shape index (κ2) is 12.9. The molecule has 2 heterocycles. The van der Waals surface area contributed by atoms with Gasteiger partial charge in [-0.05, 0) is 127 Å². The summed E-state index contributed by atoms with van der Waals surface area (Å²) in [4.78, 5) is 0. The van der Waals surface area contributed by atoms with Crippen molar-refractivity contribution in [3.63, 3.8) is 0 Å². The Morgan fingerprint density at radius 1 is 0.756 bits per heavy atom. The average molecular weight is 599 g/mol. The van der Waals surface area contributed by atoms with E-state index >= 15 is 0 Å². The molecule has 0 saturated carbocycles. The Kier molecular flexibility index (Phi) is 8.38. The summed E-state index contributed by atoms with van der Waals surface area (Å²) in [6.07, 6.45) is 33.9. The van der Waals surface area contributed by atoms with Gasteiger partial charge in [-0.3, -0.25) is 16.0 Å². The highest BCUT2D eigenvalue weighted by molar-refractivity contribution is 5.84. The fraction of sp³-hybridized carbons (Fsp3) is 0.463. The molecule has 0 aromatic heterocycles. The molecule has 2 aliphatic heterocycles. The fourth-order valence-corrected chi connectivity index (χ4v) is 8.82. The molecule has 0 radical (unpaired) electrons. The quantitative estimate of drug-likeness (QED) is 0.294. The fourth-order valence-electron chi connectivity index (χ4n) is 8.82. The Labute approximate surface area is 269 Å². The van der Waals surface area contributed by atoms with E-state index in [0.29, 0.717) is 23.8 Å². The van der Waals surface area contributed by atoms with Crippen LogP contribution < -0.4 is 31.7 Å². The standard InChI is InChI=1S/C41H50N4/c1-27-11-10-18-38(42-27)36-24-22-33(26-37(36)32-21-23-35-31(25-32)20-19-28-12-8-9-17-34(28)35)41-44-39(29-13-4-2-5-14-29)43-40(45-41)30-15-6-3-7-16-30/h4,8-9,12-13,15,17-20,22-25,27,29,32,37,39-45H,2-3,5-7,10-11,14,16,21,26H2,1H3. The molecule has 0 spiro atoms. The average Bonchev–Trinajstić information content (AvgIpc) is 3.11. The van der Waals surface area contributed by atoms with Gasteiger partial charge in [0.1, 0.15) is 0 Å². The van der Waals surface area contributed by atoms with Crippen LogP contribution in [-0.4, -0.2) is 24.5 Å². The third-order valence-corrected chi connectivity index (χ3v) is 11.3. The molecule has 6 aliphatic rings. The molecule has 0 bridgehead atoms. The number of benzene rings is 2. The molecule has 4 aliphatic carbocycles. The zero-order chi connectivity index (χ0) is 30.2. The van der Waals surface area contributed by atoms with Gasteiger partial charge in [0.2, 0.25) is 0 Å². The number of rotatable bonds is 5. The van der Waals surface area contributed by atoms with Gasteiger partial charge in [-0.15, -0.1) is 0 Å². The molecule has 0 amide bonds. The Morgan fingerprint density at radius 3 is 2.51 bits per heavy atom. The van der Waals surface area contributed by atoms with Crippen molar-refractivity contribution in [2.24, 2.45) is 17.8 Å². The van der Waals surface area contributed by atoms with E-state index in [-0.39, 0.29) is 18.5 Å². The van der Waals surface area contributed by atoms with E-state index in [4.69, 9.17) is 0 Å². The van der Waals surface area contributed by atoms with Crippen molar-refractivity contribution < 1.29 is 0 Å². The first-order valence-corrected chi connectivity index (χ1v) is 17.9. The van der Waals surface area contributed by atoms with Crippen molar-refractivity contribution >= 4 is 22.9 Å². The van der Waals surface area contributed by atoms with Crippen LogP contribution in [-0.2, 0) is 0 Å². The molecule has 45 heavy (non-hydrogen) atoms. The van der Waals surface area contributed by atoms with Gasteiger partial charge in [0.15, 0.2) is 0 Å². The predicted molar refractivity (Wildman–Crippen MR) is 188 cm³/mol. The minimum absolute atomic E-state index is 0.163. The van der Waals surface area contributed by atoms with E-state index in [1.54, 1.807) is 5.57 Å². The maximum atomic E-state index is 4.08. The van der Waals surface area contributed by atoms with Crippen LogP contribution in [0.2, 0.25) is 0 Å². The Morgan fingerprint density at radius 2 is 1.67 bits per heavy atom. The van der Waals surface area contributed by atoms with Crippen LogP contribution in [0.15, 0.2) is 95.3 Å². The SMILES string of the molecule is CC1CCC=C(C2=CC=C(C3NC(C4=CCCCC4)NC(C4C=CCCC4)N3)CC2C2C=c3ccc4ccccc4c3=CC2)N1. The van der Waals surface area contributed by atoms with Crippen LogP contribution in [0.25, 0.3) is 22.9 Å². The van der Waals surface area contributed by atoms with Gasteiger partial charge in [-0.1, -0.05) is 85.0 Å². The van der Waals surface area contributed by atoms with Crippen LogP contribution >= 0.6 is 0 Å². The highest BCUT2D eigenvalue weighted by Crippen LogP contribution is 2.40. The second-order valence-corrected chi connectivity index (χ2v) is 14.4. The number of hydrogen-bond acceptors (Lipinski definition) is 4. The topological polar surface area (TPSA) is 48.1 Å². The Hall–Kier alpha value is -3.18. The first kappa shape index (κ1) is 29.2. The lowest BCUT2D eigenvalue weighted by atomic mass is 9.73. The van der Waals surface area contributed by atoms with Gasteiger partial charge in [0.25, 0.3) is 0 Å². The maximum Gasteiger partial charge on any atom is 0.0824 e. The lowest BCUT2D eigenvalue weighted by Gasteiger charge is -2.45. The van der Waals surface area contributed by atoms with Crippen LogP contribution in [0.1, 0.15) is 77.6 Å². The molecule has 234 valence electrons. The van der Waals surface area contributed by atoms with Crippen molar-refractivity contribution in [3.05, 3.63) is 106 Å². The predicted octanol–water partition coefficient (Wildman–Crippen LogP) is 6.57. The van der Waals surface area contributed by atoms with Crippen LogP contribution in [0, 0.1) is 17.8 Å². The van der Waals surface area contributed by atoms with Gasteiger partial charge < -0.3 is 5.32 Å². The molecule has 4 nitrogen and oxygen atoms in total. The molecule has 2 aromatic rings. The molecule has 8 rings (SSSR count). The van der Waals surface area contributed by atoms with Crippen molar-refractivity contribution in [2.45, 2.75) is 102 Å². The van der Waals surface area contributed by atoms with E-state index < -0.39 is 0 Å². The molecule has 1 fully saturated rings. The normalized spacial score (nSPS) is 33.4. The molecular formula is C41H50N4. The smallest absolute Gasteiger partial charge is 0.0824 e. The Bertz CT molecular complexity index is 1710. The summed E-state index contributed by atoms with van der Waals surface area (Å²) in [5.74, 6) is 1.43. The third-order valence-electron chi connectivity index (χ3n) is 11.3. The van der Waals surface area contributed by atoms with Crippen molar-refractivity contribution in [1.82, 2.24) is 21.3 Å². The first-order chi connectivity index (χ1) is 22.2. The van der Waals surface area contributed by atoms with Crippen LogP contribution in [0.4, 0.5) is 0 Å². The minimum atomic E-state index is 0.163. The van der Waals surface area contributed by atoms with E-state index in [9.17, 15) is 0 Å². The van der Waals surface area contributed by atoms with Gasteiger partial charge in [-0.2, -0.15) is 0 Å². The summed E-state index contributed by atoms with van der Waals surface area (Å²) >= 11 is 0. The highest BCUT2D eigenvalue weighted by Gasteiger charge is 2.37. The number of allylic oxidation sites excluding steroid dienone is 6. The van der Waals surface area contributed by atoms with E-state index in [1.807, 2.05) is 0 Å². The number of nitrogens with one attached hydrogen (secondary N) is 4. The van der Waals surface area contributed by atoms with Gasteiger partial charge in [0, 0.05) is 17.7 Å². The summed E-state index contributed by atoms with van der Waals surface area (Å²) < 4.78 is 0. The lowest BCUT2D eigenvalue weighted by molar-refractivity contribution is 0.187. The van der Waals surface area contributed by atoms with Gasteiger partial charge >= 0.3 is 0 Å². The zero-order valence-corrected chi connectivity index (χ0v) is 26.9. The number of fused-ring (bicyclic) bond motifs is 3. The van der Waals surface area contributed by atoms with Crippen molar-refractivity contribution in [1.29, 1.82) is 0 Å². The maximum absolute atomic E-state index is 4.08. The van der Waals surface area contributed by atoms with Gasteiger partial charge in [0.05, 0.1) is 18.5 Å². The summed E-state index contributed by atoms with van der Waals surface area (Å²) in [5.41, 5.74) is 5.93. The largest absolute Gasteiger partial charge is 0.383 e. The molecule has 4 N–H and O–H groups in total. The van der Waals surface area contributed by atoms with Crippen LogP contribution in [0.5, 0.6) is 0 Å². The summed E-state index contributed by atoms with van der Waals surface area (Å²) in [5, 5.41) is 21.6. The molecule has 4 heteroatoms. The van der Waals surface area contributed by atoms with Crippen LogP contribution in [0.3, 0.4) is 0 Å². The summed E-state index contributed by atoms with van der Waals surface area (Å²) in [7, 11) is 0. The molecule has 7 atom stereocenters. The minimum Gasteiger partial charge on any atom is -0.383 e. The van der Waals surface area contributed by atoms with Crippen molar-refractivity contribution in [3.8, 4) is 0 Å². The van der Waals surface area contributed by atoms with E-state index in [1.165, 1.54) is 89.4 Å². The summed E-state index contributed by atoms with van der Waals surface area (Å²) in [6.45, 7) is 2.33. The zero-order valence-electron chi connectivity index (χ0n) is 26.9. The lowest BCUT2D eigenvalue weighted by Crippen LogP contribution is -2.70. The van der Waals surface area contributed by atoms with E-state index in [2.05, 4.69) is 113 Å². The molecule has 7 unspecified atom stereocenters. The molecule has 1 saturated heterocycles. The Balaban J connectivity index is 1.14. The summed E-state index contributed by atoms with van der Waals surface area (Å²) in [6, 6.07) is 14.0. The monoisotopic (exact) mass is 598 g/mol. The number of hydrogen-bond donors (Lipinski definition) is 4. The second-order valence-electron chi connectivity index (χ2n) is 14.4. The van der Waals surface area contributed by atoms with Crippen molar-refractivity contribution in [2.75, 3.05) is 0 Å². The molecular weight excluding hydrogens is 548 g/mol. The molecule has 2 aromatic carbocycles. The van der Waals surface area contributed by atoms with Gasteiger partial charge in [-0.25, -0.2) is 0 Å². The highest BCUT2D eigenvalue weighted by atomic mass is 15.4. The first-order valence-electron chi connectivity index (χ1n) is 17.9. The third kappa shape index (κ3) is 6.05.